The summed E-state index contributed by atoms with van der Waals surface area (Å²) in [6.07, 6.45) is 0. The van der Waals surface area contributed by atoms with E-state index in [0.717, 1.165) is 0 Å². The van der Waals surface area contributed by atoms with Crippen LogP contribution < -0.4 is 27.6 Å². The van der Waals surface area contributed by atoms with Crippen LogP contribution in [0.3, 0.4) is 0 Å². The first-order valence-corrected chi connectivity index (χ1v) is 9.90. The Hall–Kier alpha value is -2.66. The number of hydrogen-bond donors (Lipinski definition) is 3. The van der Waals surface area contributed by atoms with E-state index in [2.05, 4.69) is 4.98 Å². The third-order valence-electron chi connectivity index (χ3n) is 4.23. The van der Waals surface area contributed by atoms with Crippen molar-refractivity contribution in [3.05, 3.63) is 20.8 Å². The Morgan fingerprint density at radius 2 is 1.77 bits per heavy atom. The lowest BCUT2D eigenvalue weighted by atomic mass is 10.2. The number of nitrogens with one attached hydrogen (secondary N) is 1. The van der Waals surface area contributed by atoms with Crippen LogP contribution in [-0.2, 0) is 20.9 Å². The third kappa shape index (κ3) is 7.30. The van der Waals surface area contributed by atoms with Gasteiger partial charge < -0.3 is 21.1 Å². The molecule has 1 aromatic rings. The molecular formula is C19H34N6O5. The van der Waals surface area contributed by atoms with E-state index in [0.29, 0.717) is 19.7 Å². The van der Waals surface area contributed by atoms with Crippen molar-refractivity contribution in [2.24, 2.45) is 17.6 Å². The average Bonchev–Trinajstić information content (AvgIpc) is 2.61. The summed E-state index contributed by atoms with van der Waals surface area (Å²) in [4.78, 5) is 54.4. The van der Waals surface area contributed by atoms with Crippen molar-refractivity contribution in [1.82, 2.24) is 14.5 Å². The number of hydrogen-bond acceptors (Lipinski definition) is 7. The second-order valence-electron chi connectivity index (χ2n) is 8.07. The molecule has 0 bridgehead atoms. The van der Waals surface area contributed by atoms with Crippen LogP contribution in [0.4, 0.5) is 11.5 Å². The van der Waals surface area contributed by atoms with Crippen molar-refractivity contribution in [3.8, 4) is 0 Å². The molecule has 0 atom stereocenters. The van der Waals surface area contributed by atoms with Gasteiger partial charge in [0.05, 0.1) is 19.7 Å². The van der Waals surface area contributed by atoms with E-state index in [-0.39, 0.29) is 43.0 Å². The predicted octanol–water partition coefficient (Wildman–Crippen LogP) is -0.802. The van der Waals surface area contributed by atoms with Crippen LogP contribution >= 0.6 is 0 Å². The van der Waals surface area contributed by atoms with E-state index in [1.165, 1.54) is 21.5 Å². The van der Waals surface area contributed by atoms with Gasteiger partial charge in [-0.25, -0.2) is 4.79 Å². The minimum atomic E-state index is -0.732. The Bertz CT molecular complexity index is 845. The summed E-state index contributed by atoms with van der Waals surface area (Å²) in [5.74, 6) is -0.977. The van der Waals surface area contributed by atoms with Crippen LogP contribution in [0.25, 0.3) is 0 Å². The molecule has 0 aliphatic carbocycles. The molecule has 1 heterocycles. The van der Waals surface area contributed by atoms with Crippen LogP contribution in [0.5, 0.6) is 0 Å². The van der Waals surface area contributed by atoms with Crippen LogP contribution in [0.15, 0.2) is 9.59 Å². The van der Waals surface area contributed by atoms with Crippen molar-refractivity contribution in [1.29, 1.82) is 0 Å². The zero-order valence-corrected chi connectivity index (χ0v) is 18.4. The molecule has 0 aromatic carbocycles. The van der Waals surface area contributed by atoms with E-state index < -0.39 is 23.1 Å². The fourth-order valence-corrected chi connectivity index (χ4v) is 3.00. The van der Waals surface area contributed by atoms with Crippen molar-refractivity contribution in [2.75, 3.05) is 50.5 Å². The standard InChI is InChI=1S/C19H34N6O5/c1-12(2)8-24(15(27)11-23(6-7-30-5)10-14(20)26)16-17(21)25(9-13(3)4)19(29)22-18(16)28/h12-13H,6-11,21H2,1-5H3,(H2,20,26)(H,22,28,29). The maximum Gasteiger partial charge on any atom is 0.330 e. The number of methoxy groups -OCH3 is 1. The van der Waals surface area contributed by atoms with Crippen LogP contribution in [0, 0.1) is 11.8 Å². The van der Waals surface area contributed by atoms with E-state index >= 15 is 0 Å². The Morgan fingerprint density at radius 3 is 2.27 bits per heavy atom. The summed E-state index contributed by atoms with van der Waals surface area (Å²) in [7, 11) is 1.51. The second-order valence-corrected chi connectivity index (χ2v) is 8.07. The van der Waals surface area contributed by atoms with Gasteiger partial charge in [-0.15, -0.1) is 0 Å². The molecule has 0 fully saturated rings. The van der Waals surface area contributed by atoms with E-state index in [1.807, 2.05) is 27.7 Å². The van der Waals surface area contributed by atoms with E-state index in [9.17, 15) is 19.2 Å². The molecular weight excluding hydrogens is 392 g/mol. The van der Waals surface area contributed by atoms with Crippen molar-refractivity contribution >= 4 is 23.3 Å². The smallest absolute Gasteiger partial charge is 0.330 e. The maximum absolute atomic E-state index is 13.2. The highest BCUT2D eigenvalue weighted by molar-refractivity contribution is 5.97. The summed E-state index contributed by atoms with van der Waals surface area (Å²) < 4.78 is 6.28. The number of nitrogen functional groups attached to an aromatic ring is 1. The van der Waals surface area contributed by atoms with Crippen LogP contribution in [0.2, 0.25) is 0 Å². The van der Waals surface area contributed by atoms with Crippen molar-refractivity contribution in [3.63, 3.8) is 0 Å². The molecule has 11 heteroatoms. The molecule has 1 aromatic heterocycles. The van der Waals surface area contributed by atoms with E-state index in [4.69, 9.17) is 16.2 Å². The molecule has 11 nitrogen and oxygen atoms in total. The van der Waals surface area contributed by atoms with Gasteiger partial charge in [-0.1, -0.05) is 27.7 Å². The number of nitrogens with zero attached hydrogens (tertiary/aromatic N) is 3. The minimum Gasteiger partial charge on any atom is -0.383 e. The van der Waals surface area contributed by atoms with Gasteiger partial charge in [0.2, 0.25) is 11.8 Å². The molecule has 30 heavy (non-hydrogen) atoms. The highest BCUT2D eigenvalue weighted by Gasteiger charge is 2.26. The number of amides is 2. The molecule has 170 valence electrons. The monoisotopic (exact) mass is 426 g/mol. The Kier molecular flexibility index (Phi) is 9.73. The topological polar surface area (TPSA) is 157 Å². The largest absolute Gasteiger partial charge is 0.383 e. The van der Waals surface area contributed by atoms with Crippen LogP contribution in [-0.4, -0.2) is 66.2 Å². The Morgan fingerprint density at radius 1 is 1.13 bits per heavy atom. The highest BCUT2D eigenvalue weighted by atomic mass is 16.5. The summed E-state index contributed by atoms with van der Waals surface area (Å²) in [5, 5.41) is 0. The van der Waals surface area contributed by atoms with Gasteiger partial charge in [0.25, 0.3) is 5.56 Å². The van der Waals surface area contributed by atoms with Gasteiger partial charge in [-0.05, 0) is 11.8 Å². The number of H-pyrrole nitrogens is 1. The lowest BCUT2D eigenvalue weighted by molar-refractivity contribution is -0.122. The molecule has 2 amide bonds. The fourth-order valence-electron chi connectivity index (χ4n) is 3.00. The molecule has 0 saturated carbocycles. The lowest BCUT2D eigenvalue weighted by Gasteiger charge is -2.29. The summed E-state index contributed by atoms with van der Waals surface area (Å²) in [5.41, 5.74) is 10.0. The zero-order valence-electron chi connectivity index (χ0n) is 18.4. The van der Waals surface area contributed by atoms with Crippen molar-refractivity contribution in [2.45, 2.75) is 34.2 Å². The highest BCUT2D eigenvalue weighted by Crippen LogP contribution is 2.19. The van der Waals surface area contributed by atoms with Gasteiger partial charge in [0, 0.05) is 26.7 Å². The molecule has 0 radical (unpaired) electrons. The van der Waals surface area contributed by atoms with Crippen LogP contribution in [0.1, 0.15) is 27.7 Å². The first kappa shape index (κ1) is 25.4. The predicted molar refractivity (Wildman–Crippen MR) is 115 cm³/mol. The Labute approximate surface area is 176 Å². The molecule has 0 saturated heterocycles. The number of primary amides is 1. The van der Waals surface area contributed by atoms with Gasteiger partial charge in [-0.2, -0.15) is 0 Å². The number of aromatic nitrogens is 2. The SMILES string of the molecule is COCCN(CC(N)=O)CC(=O)N(CC(C)C)c1c(N)n(CC(C)C)c(=O)[nH]c1=O. The van der Waals surface area contributed by atoms with Crippen molar-refractivity contribution < 1.29 is 14.3 Å². The van der Waals surface area contributed by atoms with Gasteiger partial charge in [-0.3, -0.25) is 28.8 Å². The molecule has 1 rings (SSSR count). The third-order valence-corrected chi connectivity index (χ3v) is 4.23. The normalized spacial score (nSPS) is 11.5. The number of carbonyl (C=O) groups is 2. The minimum absolute atomic E-state index is 0.0155. The first-order chi connectivity index (χ1) is 14.0. The number of carbonyl (C=O) groups excluding carboxylic acids is 2. The molecule has 0 aliphatic heterocycles. The maximum atomic E-state index is 13.2. The average molecular weight is 427 g/mol. The second kappa shape index (κ2) is 11.5. The summed E-state index contributed by atoms with van der Waals surface area (Å²) in [6, 6.07) is 0. The fraction of sp³-hybridized carbons (Fsp3) is 0.684. The number of rotatable bonds is 12. The lowest BCUT2D eigenvalue weighted by Crippen LogP contribution is -2.48. The zero-order chi connectivity index (χ0) is 23.0. The summed E-state index contributed by atoms with van der Waals surface area (Å²) in [6.45, 7) is 8.40. The van der Waals surface area contributed by atoms with Gasteiger partial charge >= 0.3 is 5.69 Å². The van der Waals surface area contributed by atoms with Gasteiger partial charge in [0.15, 0.2) is 5.69 Å². The molecule has 0 aliphatic rings. The number of aromatic amines is 1. The van der Waals surface area contributed by atoms with E-state index in [1.54, 1.807) is 0 Å². The quantitative estimate of drug-likeness (QED) is 0.395. The number of ether oxygens (including phenoxy) is 1. The Balaban J connectivity index is 3.38. The molecule has 0 spiro atoms. The number of anilines is 2. The number of nitrogens with two attached hydrogens (primary N) is 2. The van der Waals surface area contributed by atoms with Gasteiger partial charge in [0.1, 0.15) is 5.82 Å². The molecule has 5 N–H and O–H groups in total. The summed E-state index contributed by atoms with van der Waals surface area (Å²) >= 11 is 0. The molecule has 0 unspecified atom stereocenters. The first-order valence-electron chi connectivity index (χ1n) is 9.90.